The van der Waals surface area contributed by atoms with Crippen molar-refractivity contribution in [1.82, 2.24) is 5.32 Å². The molecule has 0 aromatic carbocycles. The molecule has 356 valence electrons. The van der Waals surface area contributed by atoms with Gasteiger partial charge in [-0.15, -0.1) is 0 Å². The highest BCUT2D eigenvalue weighted by Gasteiger charge is 2.18. The van der Waals surface area contributed by atoms with Gasteiger partial charge in [0.15, 0.2) is 0 Å². The number of nitrogens with one attached hydrogen (secondary N) is 1. The summed E-state index contributed by atoms with van der Waals surface area (Å²) in [4.78, 5) is 12.5. The first-order valence-electron chi connectivity index (χ1n) is 27.6. The minimum atomic E-state index is -0.859. The van der Waals surface area contributed by atoms with Crippen molar-refractivity contribution in [3.63, 3.8) is 0 Å². The van der Waals surface area contributed by atoms with Crippen molar-refractivity contribution in [2.45, 2.75) is 321 Å². The van der Waals surface area contributed by atoms with Crippen LogP contribution in [-0.2, 0) is 4.79 Å². The Morgan fingerprint density at radius 2 is 0.650 bits per heavy atom. The van der Waals surface area contributed by atoms with E-state index in [1.165, 1.54) is 257 Å². The molecule has 0 saturated heterocycles. The van der Waals surface area contributed by atoms with Crippen LogP contribution in [0, 0.1) is 0 Å². The van der Waals surface area contributed by atoms with E-state index in [1.807, 2.05) is 6.08 Å². The number of unbranched alkanes of at least 4 members (excludes halogenated alkanes) is 42. The SMILES string of the molecule is CCCCCCCCCCCCCCCCCC/C=C/CC/C=C/C(O)C(CO)NC(=O)CCCCCCCCCCCCCCCCCCCCCCCCCCCC. The molecule has 0 aromatic heterocycles. The van der Waals surface area contributed by atoms with Crippen molar-refractivity contribution in [2.24, 2.45) is 0 Å². The van der Waals surface area contributed by atoms with Gasteiger partial charge in [0.2, 0.25) is 5.91 Å². The summed E-state index contributed by atoms with van der Waals surface area (Å²) in [5.74, 6) is -0.0668. The van der Waals surface area contributed by atoms with Crippen LogP contribution in [0.4, 0.5) is 0 Å². The number of allylic oxidation sites excluding steroid dienone is 3. The number of carbonyl (C=O) groups is 1. The summed E-state index contributed by atoms with van der Waals surface area (Å²) in [7, 11) is 0. The molecule has 4 heteroatoms. The lowest BCUT2D eigenvalue weighted by atomic mass is 10.0. The van der Waals surface area contributed by atoms with E-state index in [0.717, 1.165) is 32.1 Å². The zero-order valence-corrected chi connectivity index (χ0v) is 41.0. The standard InChI is InChI=1S/C56H109NO3/c1-3-5-7-9-11-13-15-17-19-21-23-25-27-28-29-30-32-34-36-38-40-42-44-46-48-50-52-56(60)57-54(53-58)55(59)51-49-47-45-43-41-39-37-35-33-31-26-24-22-20-18-16-14-12-10-8-6-4-2/h41,43,49,51,54-55,58-59H,3-40,42,44-48,50,52-53H2,1-2H3,(H,57,60)/b43-41+,51-49+. The van der Waals surface area contributed by atoms with Crippen molar-refractivity contribution >= 4 is 5.91 Å². The number of amides is 1. The second-order valence-electron chi connectivity index (χ2n) is 19.0. The Balaban J connectivity index is 3.49. The molecule has 1 amide bonds. The largest absolute Gasteiger partial charge is 0.394 e. The summed E-state index contributed by atoms with van der Waals surface area (Å²) < 4.78 is 0. The normalized spacial score (nSPS) is 12.9. The highest BCUT2D eigenvalue weighted by atomic mass is 16.3. The van der Waals surface area contributed by atoms with Crippen LogP contribution in [0.15, 0.2) is 24.3 Å². The molecule has 0 aliphatic rings. The Morgan fingerprint density at radius 1 is 0.383 bits per heavy atom. The molecule has 0 saturated carbocycles. The molecule has 0 spiro atoms. The third-order valence-electron chi connectivity index (χ3n) is 12.9. The molecule has 0 aromatic rings. The van der Waals surface area contributed by atoms with Crippen molar-refractivity contribution in [1.29, 1.82) is 0 Å². The summed E-state index contributed by atoms with van der Waals surface area (Å²) in [6.07, 6.45) is 69.1. The van der Waals surface area contributed by atoms with Gasteiger partial charge in [0.1, 0.15) is 0 Å². The molecular formula is C56H109NO3. The lowest BCUT2D eigenvalue weighted by Crippen LogP contribution is -2.45. The van der Waals surface area contributed by atoms with Gasteiger partial charge < -0.3 is 15.5 Å². The lowest BCUT2D eigenvalue weighted by molar-refractivity contribution is -0.123. The lowest BCUT2D eigenvalue weighted by Gasteiger charge is -2.19. The maximum absolute atomic E-state index is 12.5. The summed E-state index contributed by atoms with van der Waals surface area (Å²) in [6, 6.07) is -0.636. The van der Waals surface area contributed by atoms with Crippen LogP contribution in [0.5, 0.6) is 0 Å². The van der Waals surface area contributed by atoms with Gasteiger partial charge in [-0.1, -0.05) is 295 Å². The van der Waals surface area contributed by atoms with Crippen LogP contribution in [0.1, 0.15) is 309 Å². The first kappa shape index (κ1) is 58.9. The fourth-order valence-corrected chi connectivity index (χ4v) is 8.73. The Labute approximate surface area is 377 Å². The molecule has 2 atom stereocenters. The van der Waals surface area contributed by atoms with Crippen LogP contribution in [0.3, 0.4) is 0 Å². The molecule has 0 aliphatic heterocycles. The van der Waals surface area contributed by atoms with E-state index in [9.17, 15) is 15.0 Å². The van der Waals surface area contributed by atoms with Gasteiger partial charge in [0.05, 0.1) is 18.8 Å². The molecule has 60 heavy (non-hydrogen) atoms. The number of hydrogen-bond acceptors (Lipinski definition) is 3. The fraction of sp³-hybridized carbons (Fsp3) is 0.911. The van der Waals surface area contributed by atoms with Gasteiger partial charge >= 0.3 is 0 Å². The first-order chi connectivity index (χ1) is 29.7. The number of hydrogen-bond donors (Lipinski definition) is 3. The fourth-order valence-electron chi connectivity index (χ4n) is 8.73. The average molecular weight is 844 g/mol. The number of rotatable bonds is 51. The molecular weight excluding hydrogens is 735 g/mol. The number of aliphatic hydroxyl groups excluding tert-OH is 2. The molecule has 4 nitrogen and oxygen atoms in total. The zero-order chi connectivity index (χ0) is 43.5. The van der Waals surface area contributed by atoms with Crippen molar-refractivity contribution < 1.29 is 15.0 Å². The van der Waals surface area contributed by atoms with Gasteiger partial charge in [-0.2, -0.15) is 0 Å². The van der Waals surface area contributed by atoms with Crippen LogP contribution in [0.2, 0.25) is 0 Å². The maximum atomic E-state index is 12.5. The molecule has 0 aliphatic carbocycles. The van der Waals surface area contributed by atoms with Crippen molar-refractivity contribution in [2.75, 3.05) is 6.61 Å². The van der Waals surface area contributed by atoms with E-state index in [4.69, 9.17) is 0 Å². The third kappa shape index (κ3) is 47.9. The summed E-state index contributed by atoms with van der Waals surface area (Å²) in [5.41, 5.74) is 0. The zero-order valence-electron chi connectivity index (χ0n) is 41.0. The molecule has 3 N–H and O–H groups in total. The summed E-state index contributed by atoms with van der Waals surface area (Å²) >= 11 is 0. The molecule has 2 unspecified atom stereocenters. The molecule has 0 heterocycles. The van der Waals surface area contributed by atoms with Gasteiger partial charge in [-0.3, -0.25) is 4.79 Å². The van der Waals surface area contributed by atoms with Crippen LogP contribution < -0.4 is 5.32 Å². The van der Waals surface area contributed by atoms with Crippen LogP contribution in [0.25, 0.3) is 0 Å². The highest BCUT2D eigenvalue weighted by molar-refractivity contribution is 5.76. The molecule has 0 rings (SSSR count). The molecule has 0 radical (unpaired) electrons. The summed E-state index contributed by atoms with van der Waals surface area (Å²) in [6.45, 7) is 4.34. The van der Waals surface area contributed by atoms with E-state index in [0.29, 0.717) is 6.42 Å². The Morgan fingerprint density at radius 3 is 0.967 bits per heavy atom. The Hall–Kier alpha value is -1.13. The molecule has 0 bridgehead atoms. The topological polar surface area (TPSA) is 69.6 Å². The number of carbonyl (C=O) groups excluding carboxylic acids is 1. The minimum Gasteiger partial charge on any atom is -0.394 e. The van der Waals surface area contributed by atoms with Gasteiger partial charge in [0.25, 0.3) is 0 Å². The number of aliphatic hydroxyl groups is 2. The smallest absolute Gasteiger partial charge is 0.220 e. The van der Waals surface area contributed by atoms with E-state index in [2.05, 4.69) is 31.3 Å². The van der Waals surface area contributed by atoms with E-state index >= 15 is 0 Å². The quantitative estimate of drug-likeness (QED) is 0.0422. The predicted octanol–water partition coefficient (Wildman–Crippen LogP) is 17.9. The van der Waals surface area contributed by atoms with Gasteiger partial charge in [0, 0.05) is 6.42 Å². The Bertz CT molecular complexity index is 871. The predicted molar refractivity (Wildman–Crippen MR) is 267 cm³/mol. The second-order valence-corrected chi connectivity index (χ2v) is 19.0. The Kier molecular flexibility index (Phi) is 51.2. The minimum absolute atomic E-state index is 0.0668. The second kappa shape index (κ2) is 52.2. The van der Waals surface area contributed by atoms with Crippen LogP contribution in [-0.4, -0.2) is 34.9 Å². The van der Waals surface area contributed by atoms with Crippen LogP contribution >= 0.6 is 0 Å². The van der Waals surface area contributed by atoms with E-state index in [1.54, 1.807) is 6.08 Å². The van der Waals surface area contributed by atoms with Crippen molar-refractivity contribution in [3.05, 3.63) is 24.3 Å². The van der Waals surface area contributed by atoms with E-state index in [-0.39, 0.29) is 12.5 Å². The van der Waals surface area contributed by atoms with Crippen molar-refractivity contribution in [3.8, 4) is 0 Å². The maximum Gasteiger partial charge on any atom is 0.220 e. The van der Waals surface area contributed by atoms with Gasteiger partial charge in [-0.05, 0) is 32.1 Å². The third-order valence-corrected chi connectivity index (χ3v) is 12.9. The molecule has 0 fully saturated rings. The highest BCUT2D eigenvalue weighted by Crippen LogP contribution is 2.17. The van der Waals surface area contributed by atoms with E-state index < -0.39 is 12.1 Å². The summed E-state index contributed by atoms with van der Waals surface area (Å²) in [5, 5.41) is 23.1. The monoisotopic (exact) mass is 844 g/mol. The average Bonchev–Trinajstić information content (AvgIpc) is 3.25. The first-order valence-corrected chi connectivity index (χ1v) is 27.6. The van der Waals surface area contributed by atoms with Gasteiger partial charge in [-0.25, -0.2) is 0 Å².